The van der Waals surface area contributed by atoms with Crippen LogP contribution in [0, 0.1) is 11.3 Å². The van der Waals surface area contributed by atoms with E-state index in [1.165, 1.54) is 18.3 Å². The van der Waals surface area contributed by atoms with E-state index in [9.17, 15) is 13.2 Å². The van der Waals surface area contributed by atoms with Gasteiger partial charge in [0.25, 0.3) is 16.0 Å². The van der Waals surface area contributed by atoms with E-state index in [-0.39, 0.29) is 22.7 Å². The number of aliphatic hydroxyl groups excluding tert-OH is 1. The first-order valence-corrected chi connectivity index (χ1v) is 7.58. The minimum atomic E-state index is -4.30. The van der Waals surface area contributed by atoms with Crippen LogP contribution >= 0.6 is 0 Å². The first-order valence-electron chi connectivity index (χ1n) is 6.14. The topological polar surface area (TPSA) is 140 Å². The molecule has 9 heteroatoms. The lowest BCUT2D eigenvalue weighted by molar-refractivity contribution is -0.112. The van der Waals surface area contributed by atoms with Gasteiger partial charge in [-0.1, -0.05) is 0 Å². The molecule has 1 rings (SSSR count). The van der Waals surface area contributed by atoms with E-state index in [0.717, 1.165) is 12.1 Å². The molecule has 0 heterocycles. The Morgan fingerprint density at radius 3 is 2.45 bits per heavy atom. The van der Waals surface area contributed by atoms with Gasteiger partial charge in [-0.25, -0.2) is 0 Å². The molecule has 0 bridgehead atoms. The second-order valence-corrected chi connectivity index (χ2v) is 5.80. The smallest absolute Gasteiger partial charge is 0.294 e. The van der Waals surface area contributed by atoms with Crippen LogP contribution in [0.15, 0.2) is 40.9 Å². The molecule has 0 aliphatic carbocycles. The zero-order chi connectivity index (χ0) is 16.8. The molecular weight excluding hydrogens is 310 g/mol. The molecule has 1 atom stereocenters. The predicted molar refractivity (Wildman–Crippen MR) is 78.3 cm³/mol. The number of carbonyl (C=O) groups excluding carboxylic acids is 1. The minimum absolute atomic E-state index is 0.182. The highest BCUT2D eigenvalue weighted by molar-refractivity contribution is 7.85. The average Bonchev–Trinajstić information content (AvgIpc) is 2.42. The zero-order valence-electron chi connectivity index (χ0n) is 11.6. The Morgan fingerprint density at radius 1 is 1.41 bits per heavy atom. The quantitative estimate of drug-likeness (QED) is 0.334. The van der Waals surface area contributed by atoms with Crippen molar-refractivity contribution in [1.29, 1.82) is 5.26 Å². The molecule has 8 nitrogen and oxygen atoms in total. The number of rotatable bonds is 6. The summed E-state index contributed by atoms with van der Waals surface area (Å²) in [6.45, 7) is 1.73. The van der Waals surface area contributed by atoms with Crippen molar-refractivity contribution >= 4 is 21.7 Å². The molecule has 0 spiro atoms. The summed E-state index contributed by atoms with van der Waals surface area (Å²) in [6, 6.07) is 6.49. The maximum absolute atomic E-state index is 11.8. The molecule has 1 unspecified atom stereocenters. The van der Waals surface area contributed by atoms with Crippen LogP contribution in [0.4, 0.5) is 5.69 Å². The van der Waals surface area contributed by atoms with Gasteiger partial charge in [-0.15, -0.1) is 0 Å². The monoisotopic (exact) mass is 325 g/mol. The molecule has 22 heavy (non-hydrogen) atoms. The summed E-state index contributed by atoms with van der Waals surface area (Å²) in [7, 11) is -4.30. The number of amides is 1. The van der Waals surface area contributed by atoms with Crippen LogP contribution in [0.3, 0.4) is 0 Å². The van der Waals surface area contributed by atoms with Crippen molar-refractivity contribution < 1.29 is 22.9 Å². The molecule has 0 fully saturated rings. The van der Waals surface area contributed by atoms with Crippen LogP contribution in [0.2, 0.25) is 0 Å². The zero-order valence-corrected chi connectivity index (χ0v) is 12.5. The van der Waals surface area contributed by atoms with E-state index in [1.807, 2.05) is 0 Å². The first kappa shape index (κ1) is 17.6. The van der Waals surface area contributed by atoms with E-state index in [4.69, 9.17) is 14.9 Å². The van der Waals surface area contributed by atoms with E-state index >= 15 is 0 Å². The normalized spacial score (nSPS) is 13.1. The Morgan fingerprint density at radius 2 is 2.00 bits per heavy atom. The molecule has 0 radical (unpaired) electrons. The third-order valence-corrected chi connectivity index (χ3v) is 3.30. The van der Waals surface area contributed by atoms with Gasteiger partial charge < -0.3 is 15.7 Å². The fourth-order valence-corrected chi connectivity index (χ4v) is 1.87. The second kappa shape index (κ2) is 7.56. The average molecular weight is 325 g/mol. The molecule has 1 aromatic carbocycles. The van der Waals surface area contributed by atoms with Gasteiger partial charge in [0.15, 0.2) is 0 Å². The third-order valence-electron chi connectivity index (χ3n) is 2.43. The van der Waals surface area contributed by atoms with Gasteiger partial charge in [0.05, 0.1) is 11.0 Å². The van der Waals surface area contributed by atoms with Crippen LogP contribution in [-0.4, -0.2) is 36.6 Å². The Kier molecular flexibility index (Phi) is 6.06. The Bertz CT molecular complexity index is 702. The van der Waals surface area contributed by atoms with Crippen molar-refractivity contribution in [1.82, 2.24) is 5.32 Å². The molecular formula is C13H15N3O5S. The molecule has 0 aliphatic heterocycles. The molecule has 0 aromatic heterocycles. The molecule has 0 saturated carbocycles. The van der Waals surface area contributed by atoms with Gasteiger partial charge in [-0.2, -0.15) is 13.7 Å². The SMILES string of the molecule is CC(O)CN/C=C(/C#N)C(=O)Nc1ccc(S(=O)(=O)O)cc1. The second-order valence-electron chi connectivity index (χ2n) is 4.38. The molecule has 0 aliphatic rings. The Hall–Kier alpha value is -2.41. The van der Waals surface area contributed by atoms with Crippen molar-refractivity contribution in [3.05, 3.63) is 36.0 Å². The highest BCUT2D eigenvalue weighted by Crippen LogP contribution is 2.14. The van der Waals surface area contributed by atoms with Crippen LogP contribution in [0.25, 0.3) is 0 Å². The highest BCUT2D eigenvalue weighted by Gasteiger charge is 2.11. The molecule has 1 aromatic rings. The Labute approximate surface area is 127 Å². The summed E-state index contributed by atoms with van der Waals surface area (Å²) in [5.41, 5.74) is 0.0496. The van der Waals surface area contributed by atoms with Crippen LogP contribution in [0.1, 0.15) is 6.92 Å². The summed E-state index contributed by atoms with van der Waals surface area (Å²) in [5.74, 6) is -0.694. The van der Waals surface area contributed by atoms with Crippen LogP contribution in [-0.2, 0) is 14.9 Å². The number of hydrogen-bond donors (Lipinski definition) is 4. The maximum Gasteiger partial charge on any atom is 0.294 e. The summed E-state index contributed by atoms with van der Waals surface area (Å²) in [4.78, 5) is 11.5. The van der Waals surface area contributed by atoms with Crippen LogP contribution in [0.5, 0.6) is 0 Å². The summed E-state index contributed by atoms with van der Waals surface area (Å²) in [6.07, 6.45) is 0.543. The van der Waals surface area contributed by atoms with Gasteiger partial charge >= 0.3 is 0 Å². The van der Waals surface area contributed by atoms with E-state index < -0.39 is 22.1 Å². The lowest BCUT2D eigenvalue weighted by Gasteiger charge is -2.06. The highest BCUT2D eigenvalue weighted by atomic mass is 32.2. The lowest BCUT2D eigenvalue weighted by Crippen LogP contribution is -2.22. The van der Waals surface area contributed by atoms with Gasteiger partial charge in [0, 0.05) is 18.4 Å². The standard InChI is InChI=1S/C13H15N3O5S/c1-9(17)7-15-8-10(6-14)13(18)16-11-2-4-12(5-3-11)22(19,20)21/h2-5,8-9,15,17H,7H2,1H3,(H,16,18)(H,19,20,21)/b10-8-. The van der Waals surface area contributed by atoms with Crippen LogP contribution < -0.4 is 10.6 Å². The van der Waals surface area contributed by atoms with Gasteiger partial charge in [0.1, 0.15) is 11.6 Å². The number of aliphatic hydroxyl groups is 1. The number of anilines is 1. The van der Waals surface area contributed by atoms with Crippen molar-refractivity contribution in [2.24, 2.45) is 0 Å². The van der Waals surface area contributed by atoms with Crippen molar-refractivity contribution in [3.8, 4) is 6.07 Å². The number of nitriles is 1. The first-order chi connectivity index (χ1) is 10.2. The molecule has 118 valence electrons. The predicted octanol–water partition coefficient (Wildman–Crippen LogP) is 0.250. The van der Waals surface area contributed by atoms with E-state index in [2.05, 4.69) is 10.6 Å². The number of benzene rings is 1. The number of nitrogens with one attached hydrogen (secondary N) is 2. The number of nitrogens with zero attached hydrogens (tertiary/aromatic N) is 1. The summed E-state index contributed by atoms with van der Waals surface area (Å²) in [5, 5.41) is 23.0. The van der Waals surface area contributed by atoms with Gasteiger partial charge in [-0.3, -0.25) is 9.35 Å². The number of carbonyl (C=O) groups is 1. The van der Waals surface area contributed by atoms with Gasteiger partial charge in [0.2, 0.25) is 0 Å². The summed E-state index contributed by atoms with van der Waals surface area (Å²) >= 11 is 0. The lowest BCUT2D eigenvalue weighted by atomic mass is 10.2. The third kappa shape index (κ3) is 5.53. The van der Waals surface area contributed by atoms with Gasteiger partial charge in [-0.05, 0) is 31.2 Å². The molecule has 0 saturated heterocycles. The van der Waals surface area contributed by atoms with E-state index in [0.29, 0.717) is 0 Å². The molecule has 4 N–H and O–H groups in total. The van der Waals surface area contributed by atoms with Crippen molar-refractivity contribution in [3.63, 3.8) is 0 Å². The summed E-state index contributed by atoms with van der Waals surface area (Å²) < 4.78 is 30.6. The minimum Gasteiger partial charge on any atom is -0.392 e. The fraction of sp³-hybridized carbons (Fsp3) is 0.231. The largest absolute Gasteiger partial charge is 0.392 e. The maximum atomic E-state index is 11.8. The molecule has 1 amide bonds. The fourth-order valence-electron chi connectivity index (χ4n) is 1.39. The number of hydrogen-bond acceptors (Lipinski definition) is 6. The van der Waals surface area contributed by atoms with Crippen molar-refractivity contribution in [2.45, 2.75) is 17.9 Å². The van der Waals surface area contributed by atoms with Crippen molar-refractivity contribution in [2.75, 3.05) is 11.9 Å². The van der Waals surface area contributed by atoms with E-state index in [1.54, 1.807) is 13.0 Å². The Balaban J connectivity index is 2.77.